The fraction of sp³-hybridized carbons (Fsp3) is 0.115. The van der Waals surface area contributed by atoms with Gasteiger partial charge in [0.2, 0.25) is 0 Å². The molecule has 4 aromatic rings. The van der Waals surface area contributed by atoms with E-state index in [0.29, 0.717) is 46.1 Å². The Balaban J connectivity index is 1.80. The smallest absolute Gasteiger partial charge is 0.260 e. The summed E-state index contributed by atoms with van der Waals surface area (Å²) in [6.07, 6.45) is 0. The molecule has 32 heavy (non-hydrogen) atoms. The van der Waals surface area contributed by atoms with E-state index in [0.717, 1.165) is 11.1 Å². The van der Waals surface area contributed by atoms with Crippen molar-refractivity contribution in [1.29, 1.82) is 0 Å². The molecule has 0 aliphatic heterocycles. The summed E-state index contributed by atoms with van der Waals surface area (Å²) in [5, 5.41) is 3.43. The number of anilines is 1. The molecule has 3 aromatic carbocycles. The number of hydrogen-bond donors (Lipinski definition) is 1. The molecule has 0 saturated carbocycles. The van der Waals surface area contributed by atoms with Crippen molar-refractivity contribution in [1.82, 2.24) is 0 Å². The first-order valence-corrected chi connectivity index (χ1v) is 9.99. The molecule has 4 rings (SSSR count). The Labute approximate surface area is 185 Å². The number of benzene rings is 3. The number of nitrogens with one attached hydrogen (secondary N) is 1. The minimum absolute atomic E-state index is 0.357. The largest absolute Gasteiger partial charge is 0.497 e. The molecular weight excluding hydrogens is 409 g/mol. The third-order valence-electron chi connectivity index (χ3n) is 4.83. The van der Waals surface area contributed by atoms with E-state index in [1.807, 2.05) is 19.1 Å². The zero-order valence-corrected chi connectivity index (χ0v) is 17.8. The fourth-order valence-electron chi connectivity index (χ4n) is 3.27. The number of carbonyl (C=O) groups excluding carboxylic acids is 1. The molecule has 0 atom stereocenters. The average Bonchev–Trinajstić information content (AvgIpc) is 3.18. The molecule has 162 valence electrons. The predicted molar refractivity (Wildman–Crippen MR) is 123 cm³/mol. The standard InChI is InChI=1S/C26H22FNO4/c1-16(2)15-31-21-12-13-23-22(14-21)24(26(29)28-19-8-6-18(27)7-9-19)25(32-23)17-4-10-20(30-3)11-5-17/h4-14H,1,15H2,2-3H3,(H,28,29). The number of amides is 1. The van der Waals surface area contributed by atoms with Crippen molar-refractivity contribution in [2.24, 2.45) is 0 Å². The summed E-state index contributed by atoms with van der Waals surface area (Å²) < 4.78 is 30.3. The van der Waals surface area contributed by atoms with Gasteiger partial charge in [0.25, 0.3) is 5.91 Å². The maximum atomic E-state index is 13.3. The van der Waals surface area contributed by atoms with Gasteiger partial charge in [0.15, 0.2) is 0 Å². The van der Waals surface area contributed by atoms with Gasteiger partial charge < -0.3 is 19.2 Å². The lowest BCUT2D eigenvalue weighted by Crippen LogP contribution is -2.12. The van der Waals surface area contributed by atoms with Crippen molar-refractivity contribution in [2.45, 2.75) is 6.92 Å². The first kappa shape index (κ1) is 21.2. The SMILES string of the molecule is C=C(C)COc1ccc2oc(-c3ccc(OC)cc3)c(C(=O)Nc3ccc(F)cc3)c2c1. The maximum Gasteiger partial charge on any atom is 0.260 e. The number of methoxy groups -OCH3 is 1. The summed E-state index contributed by atoms with van der Waals surface area (Å²) in [5.74, 6) is 0.948. The van der Waals surface area contributed by atoms with Crippen LogP contribution in [0.4, 0.5) is 10.1 Å². The Hall–Kier alpha value is -4.06. The van der Waals surface area contributed by atoms with Crippen molar-refractivity contribution in [3.05, 3.63) is 90.3 Å². The zero-order valence-electron chi connectivity index (χ0n) is 17.8. The van der Waals surface area contributed by atoms with Crippen molar-refractivity contribution < 1.29 is 23.1 Å². The molecule has 0 radical (unpaired) electrons. The van der Waals surface area contributed by atoms with E-state index >= 15 is 0 Å². The van der Waals surface area contributed by atoms with Gasteiger partial charge in [0, 0.05) is 16.6 Å². The fourth-order valence-corrected chi connectivity index (χ4v) is 3.27. The highest BCUT2D eigenvalue weighted by Gasteiger charge is 2.23. The van der Waals surface area contributed by atoms with Crippen LogP contribution in [-0.4, -0.2) is 19.6 Å². The van der Waals surface area contributed by atoms with Crippen LogP contribution in [0.1, 0.15) is 17.3 Å². The van der Waals surface area contributed by atoms with Gasteiger partial charge in [0.05, 0.1) is 12.7 Å². The molecule has 0 aliphatic rings. The molecule has 0 aliphatic carbocycles. The first-order chi connectivity index (χ1) is 15.4. The van der Waals surface area contributed by atoms with Crippen LogP contribution < -0.4 is 14.8 Å². The van der Waals surface area contributed by atoms with E-state index in [1.165, 1.54) is 24.3 Å². The first-order valence-electron chi connectivity index (χ1n) is 9.99. The third kappa shape index (κ3) is 4.49. The molecule has 0 bridgehead atoms. The Kier molecular flexibility index (Phi) is 5.94. The minimum Gasteiger partial charge on any atom is -0.497 e. The predicted octanol–water partition coefficient (Wildman–Crippen LogP) is 6.45. The summed E-state index contributed by atoms with van der Waals surface area (Å²) in [4.78, 5) is 13.3. The second-order valence-corrected chi connectivity index (χ2v) is 7.40. The molecule has 1 aromatic heterocycles. The second kappa shape index (κ2) is 8.98. The van der Waals surface area contributed by atoms with E-state index in [1.54, 1.807) is 37.4 Å². The second-order valence-electron chi connectivity index (χ2n) is 7.40. The van der Waals surface area contributed by atoms with Crippen LogP contribution in [-0.2, 0) is 0 Å². The van der Waals surface area contributed by atoms with Gasteiger partial charge >= 0.3 is 0 Å². The van der Waals surface area contributed by atoms with Gasteiger partial charge in [-0.05, 0) is 79.2 Å². The van der Waals surface area contributed by atoms with Crippen molar-refractivity contribution >= 4 is 22.6 Å². The molecule has 0 spiro atoms. The number of fused-ring (bicyclic) bond motifs is 1. The van der Waals surface area contributed by atoms with E-state index in [2.05, 4.69) is 11.9 Å². The number of hydrogen-bond acceptors (Lipinski definition) is 4. The Morgan fingerprint density at radius 2 is 1.72 bits per heavy atom. The van der Waals surface area contributed by atoms with Crippen LogP contribution in [0.25, 0.3) is 22.3 Å². The summed E-state index contributed by atoms with van der Waals surface area (Å²) in [7, 11) is 1.59. The molecular formula is C26H22FNO4. The Bertz CT molecular complexity index is 1270. The molecule has 0 saturated heterocycles. The molecule has 1 amide bonds. The molecule has 0 unspecified atom stereocenters. The quantitative estimate of drug-likeness (QED) is 0.341. The number of furan rings is 1. The van der Waals surface area contributed by atoms with Crippen LogP contribution in [0.3, 0.4) is 0 Å². The van der Waals surface area contributed by atoms with Crippen molar-refractivity contribution in [3.8, 4) is 22.8 Å². The summed E-state index contributed by atoms with van der Waals surface area (Å²) in [6, 6.07) is 18.2. The Morgan fingerprint density at radius 1 is 1.03 bits per heavy atom. The highest BCUT2D eigenvalue weighted by atomic mass is 19.1. The van der Waals surface area contributed by atoms with Crippen LogP contribution in [0.15, 0.2) is 83.3 Å². The van der Waals surface area contributed by atoms with E-state index in [-0.39, 0.29) is 11.7 Å². The maximum absolute atomic E-state index is 13.3. The van der Waals surface area contributed by atoms with Gasteiger partial charge in [-0.2, -0.15) is 0 Å². The lowest BCUT2D eigenvalue weighted by atomic mass is 10.0. The highest BCUT2D eigenvalue weighted by molar-refractivity contribution is 6.16. The lowest BCUT2D eigenvalue weighted by molar-refractivity contribution is 0.102. The summed E-state index contributed by atoms with van der Waals surface area (Å²) >= 11 is 0. The summed E-state index contributed by atoms with van der Waals surface area (Å²) in [5.41, 5.74) is 2.97. The molecule has 1 heterocycles. The number of carbonyl (C=O) groups is 1. The van der Waals surface area contributed by atoms with Crippen molar-refractivity contribution in [3.63, 3.8) is 0 Å². The average molecular weight is 431 g/mol. The molecule has 0 fully saturated rings. The lowest BCUT2D eigenvalue weighted by Gasteiger charge is -2.08. The van der Waals surface area contributed by atoms with Crippen LogP contribution in [0.2, 0.25) is 0 Å². The highest BCUT2D eigenvalue weighted by Crippen LogP contribution is 2.36. The van der Waals surface area contributed by atoms with Crippen LogP contribution in [0.5, 0.6) is 11.5 Å². The number of ether oxygens (including phenoxy) is 2. The topological polar surface area (TPSA) is 60.7 Å². The monoisotopic (exact) mass is 431 g/mol. The van der Waals surface area contributed by atoms with Gasteiger partial charge in [-0.1, -0.05) is 6.58 Å². The van der Waals surface area contributed by atoms with Crippen LogP contribution >= 0.6 is 0 Å². The van der Waals surface area contributed by atoms with Gasteiger partial charge in [-0.3, -0.25) is 4.79 Å². The normalized spacial score (nSPS) is 10.7. The van der Waals surface area contributed by atoms with Gasteiger partial charge in [-0.15, -0.1) is 0 Å². The third-order valence-corrected chi connectivity index (χ3v) is 4.83. The minimum atomic E-state index is -0.380. The molecule has 1 N–H and O–H groups in total. The molecule has 6 heteroatoms. The number of rotatable bonds is 7. The summed E-state index contributed by atoms with van der Waals surface area (Å²) in [6.45, 7) is 6.09. The Morgan fingerprint density at radius 3 is 2.38 bits per heavy atom. The molecule has 5 nitrogen and oxygen atoms in total. The van der Waals surface area contributed by atoms with Crippen LogP contribution in [0, 0.1) is 5.82 Å². The van der Waals surface area contributed by atoms with Gasteiger partial charge in [0.1, 0.15) is 35.3 Å². The number of halogens is 1. The van der Waals surface area contributed by atoms with E-state index in [4.69, 9.17) is 13.9 Å². The van der Waals surface area contributed by atoms with Gasteiger partial charge in [-0.25, -0.2) is 4.39 Å². The van der Waals surface area contributed by atoms with Crippen molar-refractivity contribution in [2.75, 3.05) is 19.0 Å². The van der Waals surface area contributed by atoms with E-state index < -0.39 is 0 Å². The van der Waals surface area contributed by atoms with E-state index in [9.17, 15) is 9.18 Å². The zero-order chi connectivity index (χ0) is 22.7.